The number of benzene rings is 1. The number of aromatic amines is 1. The summed E-state index contributed by atoms with van der Waals surface area (Å²) in [6.45, 7) is 2.29. The van der Waals surface area contributed by atoms with Crippen molar-refractivity contribution in [2.75, 3.05) is 13.1 Å². The van der Waals surface area contributed by atoms with Crippen molar-refractivity contribution >= 4 is 26.8 Å². The molecule has 0 radical (unpaired) electrons. The molecule has 0 atom stereocenters. The number of H-pyrrole nitrogens is 1. The summed E-state index contributed by atoms with van der Waals surface area (Å²) in [6.07, 6.45) is 4.69. The molecular weight excluding hydrogens is 264 g/mol. The second kappa shape index (κ2) is 4.22. The maximum absolute atomic E-state index is 3.55. The normalized spacial score (nSPS) is 18.1. The van der Waals surface area contributed by atoms with Gasteiger partial charge in [-0.3, -0.25) is 0 Å². The van der Waals surface area contributed by atoms with Crippen LogP contribution < -0.4 is 5.32 Å². The first-order valence-electron chi connectivity index (χ1n) is 5.82. The van der Waals surface area contributed by atoms with Gasteiger partial charge in [-0.05, 0) is 55.6 Å². The highest BCUT2D eigenvalue weighted by Gasteiger charge is 2.18. The summed E-state index contributed by atoms with van der Waals surface area (Å²) in [5, 5.41) is 4.79. The standard InChI is InChI=1S/C13H15BrN2/c14-10-1-2-13-11(7-10)12(8-16-13)9-3-5-15-6-4-9/h1-2,7-9,15-16H,3-6H2. The van der Waals surface area contributed by atoms with Crippen LogP contribution in [0.4, 0.5) is 0 Å². The number of fused-ring (bicyclic) bond motifs is 1. The van der Waals surface area contributed by atoms with E-state index in [9.17, 15) is 0 Å². The molecular formula is C13H15BrN2. The molecule has 1 aliphatic rings. The molecule has 2 nitrogen and oxygen atoms in total. The van der Waals surface area contributed by atoms with E-state index in [4.69, 9.17) is 0 Å². The molecule has 1 saturated heterocycles. The molecule has 0 aliphatic carbocycles. The third-order valence-corrected chi connectivity index (χ3v) is 3.95. The smallest absolute Gasteiger partial charge is 0.0457 e. The molecule has 0 bridgehead atoms. The zero-order valence-corrected chi connectivity index (χ0v) is 10.7. The van der Waals surface area contributed by atoms with E-state index in [0.717, 1.165) is 17.6 Å². The molecule has 2 N–H and O–H groups in total. The van der Waals surface area contributed by atoms with Gasteiger partial charge in [-0.15, -0.1) is 0 Å². The lowest BCUT2D eigenvalue weighted by molar-refractivity contribution is 0.462. The number of hydrogen-bond donors (Lipinski definition) is 2. The molecule has 16 heavy (non-hydrogen) atoms. The van der Waals surface area contributed by atoms with Gasteiger partial charge in [0.15, 0.2) is 0 Å². The van der Waals surface area contributed by atoms with Gasteiger partial charge in [-0.25, -0.2) is 0 Å². The topological polar surface area (TPSA) is 27.8 Å². The fourth-order valence-corrected chi connectivity index (χ4v) is 2.95. The second-order valence-corrected chi connectivity index (χ2v) is 5.37. The summed E-state index contributed by atoms with van der Waals surface area (Å²) in [5.74, 6) is 0.712. The number of nitrogens with one attached hydrogen (secondary N) is 2. The Morgan fingerprint density at radius 3 is 2.81 bits per heavy atom. The lowest BCUT2D eigenvalue weighted by Gasteiger charge is -2.22. The summed E-state index contributed by atoms with van der Waals surface area (Å²) in [6, 6.07) is 6.46. The average molecular weight is 279 g/mol. The number of halogens is 1. The quantitative estimate of drug-likeness (QED) is 0.822. The van der Waals surface area contributed by atoms with Crippen molar-refractivity contribution in [3.8, 4) is 0 Å². The van der Waals surface area contributed by atoms with Crippen LogP contribution in [0, 0.1) is 0 Å². The summed E-state index contributed by atoms with van der Waals surface area (Å²) < 4.78 is 1.16. The van der Waals surface area contributed by atoms with Crippen LogP contribution in [0.5, 0.6) is 0 Å². The molecule has 0 spiro atoms. The monoisotopic (exact) mass is 278 g/mol. The SMILES string of the molecule is Brc1ccc2[nH]cc(C3CCNCC3)c2c1. The predicted molar refractivity (Wildman–Crippen MR) is 70.8 cm³/mol. The largest absolute Gasteiger partial charge is 0.361 e. The van der Waals surface area contributed by atoms with Gasteiger partial charge in [0, 0.05) is 21.6 Å². The lowest BCUT2D eigenvalue weighted by atomic mass is 9.90. The molecule has 1 aromatic carbocycles. The predicted octanol–water partition coefficient (Wildman–Crippen LogP) is 3.40. The van der Waals surface area contributed by atoms with Crippen LogP contribution in [-0.2, 0) is 0 Å². The summed E-state index contributed by atoms with van der Waals surface area (Å²) in [5.41, 5.74) is 2.73. The van der Waals surface area contributed by atoms with E-state index in [2.05, 4.69) is 50.6 Å². The molecule has 0 saturated carbocycles. The van der Waals surface area contributed by atoms with Crippen LogP contribution in [-0.4, -0.2) is 18.1 Å². The molecule has 2 heterocycles. The molecule has 1 fully saturated rings. The fraction of sp³-hybridized carbons (Fsp3) is 0.385. The van der Waals surface area contributed by atoms with E-state index in [1.54, 1.807) is 0 Å². The second-order valence-electron chi connectivity index (χ2n) is 4.46. The van der Waals surface area contributed by atoms with Gasteiger partial charge in [-0.2, -0.15) is 0 Å². The van der Waals surface area contributed by atoms with Crippen LogP contribution in [0.1, 0.15) is 24.3 Å². The van der Waals surface area contributed by atoms with E-state index in [1.807, 2.05) is 0 Å². The minimum absolute atomic E-state index is 0.712. The van der Waals surface area contributed by atoms with Crippen molar-refractivity contribution in [1.29, 1.82) is 0 Å². The van der Waals surface area contributed by atoms with E-state index in [-0.39, 0.29) is 0 Å². The van der Waals surface area contributed by atoms with Crippen molar-refractivity contribution in [3.05, 3.63) is 34.4 Å². The Labute approximate surface area is 104 Å². The Morgan fingerprint density at radius 1 is 1.19 bits per heavy atom. The average Bonchev–Trinajstić information content (AvgIpc) is 2.73. The van der Waals surface area contributed by atoms with E-state index in [1.165, 1.54) is 29.3 Å². The fourth-order valence-electron chi connectivity index (χ4n) is 2.59. The zero-order chi connectivity index (χ0) is 11.0. The molecule has 84 valence electrons. The number of aromatic nitrogens is 1. The van der Waals surface area contributed by atoms with Gasteiger partial charge >= 0.3 is 0 Å². The molecule has 3 heteroatoms. The molecule has 3 rings (SSSR count). The maximum atomic E-state index is 3.55. The Kier molecular flexibility index (Phi) is 2.74. The highest BCUT2D eigenvalue weighted by atomic mass is 79.9. The van der Waals surface area contributed by atoms with E-state index < -0.39 is 0 Å². The van der Waals surface area contributed by atoms with Crippen LogP contribution >= 0.6 is 15.9 Å². The first-order chi connectivity index (χ1) is 7.84. The molecule has 0 amide bonds. The Morgan fingerprint density at radius 2 is 2.00 bits per heavy atom. The van der Waals surface area contributed by atoms with Crippen molar-refractivity contribution in [2.45, 2.75) is 18.8 Å². The lowest BCUT2D eigenvalue weighted by Crippen LogP contribution is -2.26. The van der Waals surface area contributed by atoms with Gasteiger partial charge in [0.05, 0.1) is 0 Å². The van der Waals surface area contributed by atoms with Crippen LogP contribution in [0.25, 0.3) is 10.9 Å². The third-order valence-electron chi connectivity index (χ3n) is 3.45. The minimum Gasteiger partial charge on any atom is -0.361 e. The van der Waals surface area contributed by atoms with Gasteiger partial charge in [0.1, 0.15) is 0 Å². The van der Waals surface area contributed by atoms with Crippen molar-refractivity contribution in [2.24, 2.45) is 0 Å². The first kappa shape index (κ1) is 10.4. The number of piperidine rings is 1. The van der Waals surface area contributed by atoms with E-state index >= 15 is 0 Å². The highest BCUT2D eigenvalue weighted by molar-refractivity contribution is 9.10. The Bertz CT molecular complexity index is 498. The van der Waals surface area contributed by atoms with Crippen LogP contribution in [0.2, 0.25) is 0 Å². The van der Waals surface area contributed by atoms with Crippen LogP contribution in [0.15, 0.2) is 28.9 Å². The van der Waals surface area contributed by atoms with Crippen molar-refractivity contribution in [1.82, 2.24) is 10.3 Å². The molecule has 2 aromatic rings. The van der Waals surface area contributed by atoms with Gasteiger partial charge in [-0.1, -0.05) is 15.9 Å². The molecule has 1 aromatic heterocycles. The minimum atomic E-state index is 0.712. The third kappa shape index (κ3) is 1.78. The summed E-state index contributed by atoms with van der Waals surface area (Å²) >= 11 is 3.55. The molecule has 1 aliphatic heterocycles. The van der Waals surface area contributed by atoms with Crippen molar-refractivity contribution in [3.63, 3.8) is 0 Å². The van der Waals surface area contributed by atoms with Crippen molar-refractivity contribution < 1.29 is 0 Å². The number of hydrogen-bond acceptors (Lipinski definition) is 1. The Balaban J connectivity index is 2.05. The number of rotatable bonds is 1. The van der Waals surface area contributed by atoms with Gasteiger partial charge < -0.3 is 10.3 Å². The Hall–Kier alpha value is -0.800. The summed E-state index contributed by atoms with van der Waals surface area (Å²) in [4.78, 5) is 3.37. The zero-order valence-electron chi connectivity index (χ0n) is 9.09. The van der Waals surface area contributed by atoms with Gasteiger partial charge in [0.25, 0.3) is 0 Å². The summed E-state index contributed by atoms with van der Waals surface area (Å²) in [7, 11) is 0. The van der Waals surface area contributed by atoms with E-state index in [0.29, 0.717) is 5.92 Å². The van der Waals surface area contributed by atoms with Crippen LogP contribution in [0.3, 0.4) is 0 Å². The van der Waals surface area contributed by atoms with Gasteiger partial charge in [0.2, 0.25) is 0 Å². The maximum Gasteiger partial charge on any atom is 0.0457 e. The highest BCUT2D eigenvalue weighted by Crippen LogP contribution is 2.32. The first-order valence-corrected chi connectivity index (χ1v) is 6.61. The molecule has 0 unspecified atom stereocenters.